The number of Topliss-reactive ketones (excluding diaryl/α,β-unsaturated/α-hetero) is 1. The average molecular weight is 359 g/mol. The van der Waals surface area contributed by atoms with Crippen LogP contribution in [0.3, 0.4) is 0 Å². The molecular formula is C17H21N5O2S. The van der Waals surface area contributed by atoms with Crippen LogP contribution in [0, 0.1) is 0 Å². The second kappa shape index (κ2) is 6.95. The van der Waals surface area contributed by atoms with E-state index in [-0.39, 0.29) is 23.0 Å². The van der Waals surface area contributed by atoms with E-state index in [1.165, 1.54) is 11.8 Å². The Morgan fingerprint density at radius 2 is 2.00 bits per heavy atom. The molecule has 1 unspecified atom stereocenters. The monoisotopic (exact) mass is 359 g/mol. The zero-order valence-corrected chi connectivity index (χ0v) is 15.6. The predicted molar refractivity (Wildman–Crippen MR) is 96.0 cm³/mol. The molecule has 0 bridgehead atoms. The molecule has 1 atom stereocenters. The zero-order chi connectivity index (χ0) is 18.1. The van der Waals surface area contributed by atoms with Crippen molar-refractivity contribution in [2.24, 2.45) is 0 Å². The summed E-state index contributed by atoms with van der Waals surface area (Å²) in [6, 6.07) is 5.71. The van der Waals surface area contributed by atoms with Gasteiger partial charge in [0, 0.05) is 24.7 Å². The summed E-state index contributed by atoms with van der Waals surface area (Å²) in [7, 11) is 0. The van der Waals surface area contributed by atoms with Crippen LogP contribution in [0.2, 0.25) is 0 Å². The van der Waals surface area contributed by atoms with Gasteiger partial charge >= 0.3 is 0 Å². The maximum Gasteiger partial charge on any atom is 0.223 e. The summed E-state index contributed by atoms with van der Waals surface area (Å²) in [6.45, 7) is 8.09. The second-order valence-electron chi connectivity index (χ2n) is 6.39. The molecule has 7 nitrogen and oxygen atoms in total. The highest BCUT2D eigenvalue weighted by molar-refractivity contribution is 8.00. The lowest BCUT2D eigenvalue weighted by Crippen LogP contribution is -2.25. The van der Waals surface area contributed by atoms with Crippen molar-refractivity contribution in [1.82, 2.24) is 20.2 Å². The summed E-state index contributed by atoms with van der Waals surface area (Å²) in [4.78, 5) is 26.2. The summed E-state index contributed by atoms with van der Waals surface area (Å²) in [5.74, 6) is 0.0645. The van der Waals surface area contributed by atoms with Gasteiger partial charge in [-0.25, -0.2) is 4.68 Å². The Balaban J connectivity index is 1.77. The summed E-state index contributed by atoms with van der Waals surface area (Å²) < 4.78 is 1.71. The van der Waals surface area contributed by atoms with E-state index in [0.29, 0.717) is 17.3 Å². The Morgan fingerprint density at radius 3 is 2.68 bits per heavy atom. The molecule has 3 rings (SSSR count). The maximum atomic E-state index is 12.8. The van der Waals surface area contributed by atoms with Crippen LogP contribution in [0.25, 0.3) is 0 Å². The highest BCUT2D eigenvalue weighted by Crippen LogP contribution is 2.31. The highest BCUT2D eigenvalue weighted by atomic mass is 32.2. The fraction of sp³-hybridized carbons (Fsp3) is 0.471. The van der Waals surface area contributed by atoms with E-state index < -0.39 is 0 Å². The molecule has 1 aromatic heterocycles. The van der Waals surface area contributed by atoms with Crippen LogP contribution in [-0.4, -0.2) is 43.7 Å². The van der Waals surface area contributed by atoms with E-state index in [4.69, 9.17) is 0 Å². The van der Waals surface area contributed by atoms with Gasteiger partial charge in [-0.15, -0.1) is 5.10 Å². The Morgan fingerprint density at radius 1 is 1.24 bits per heavy atom. The molecule has 2 aromatic rings. The fourth-order valence-corrected chi connectivity index (χ4v) is 3.91. The zero-order valence-electron chi connectivity index (χ0n) is 14.8. The summed E-state index contributed by atoms with van der Waals surface area (Å²) in [5, 5.41) is 12.0. The third kappa shape index (κ3) is 3.44. The summed E-state index contributed by atoms with van der Waals surface area (Å²) in [6.07, 6.45) is 0.781. The van der Waals surface area contributed by atoms with Gasteiger partial charge in [-0.2, -0.15) is 0 Å². The Kier molecular flexibility index (Phi) is 4.89. The first-order chi connectivity index (χ1) is 11.9. The molecule has 0 N–H and O–H groups in total. The number of ketones is 1. The molecular weight excluding hydrogens is 338 g/mol. The molecule has 132 valence electrons. The average Bonchev–Trinajstić information content (AvgIpc) is 3.19. The molecule has 25 heavy (non-hydrogen) atoms. The number of carbonyl (C=O) groups excluding carboxylic acids is 2. The first kappa shape index (κ1) is 17.6. The van der Waals surface area contributed by atoms with Crippen molar-refractivity contribution in [2.75, 3.05) is 11.4 Å². The molecule has 2 heterocycles. The van der Waals surface area contributed by atoms with E-state index in [0.717, 1.165) is 17.7 Å². The minimum atomic E-state index is -0.299. The van der Waals surface area contributed by atoms with Gasteiger partial charge in [0.2, 0.25) is 11.1 Å². The van der Waals surface area contributed by atoms with Crippen molar-refractivity contribution < 1.29 is 9.59 Å². The van der Waals surface area contributed by atoms with Gasteiger partial charge in [-0.1, -0.05) is 11.8 Å². The third-order valence-corrected chi connectivity index (χ3v) is 5.29. The van der Waals surface area contributed by atoms with E-state index in [1.54, 1.807) is 22.6 Å². The summed E-state index contributed by atoms with van der Waals surface area (Å²) >= 11 is 1.36. The van der Waals surface area contributed by atoms with Gasteiger partial charge in [0.15, 0.2) is 5.78 Å². The van der Waals surface area contributed by atoms with Crippen LogP contribution < -0.4 is 4.90 Å². The molecule has 0 aliphatic carbocycles. The topological polar surface area (TPSA) is 81.0 Å². The Labute approximate surface area is 150 Å². The van der Waals surface area contributed by atoms with Gasteiger partial charge in [0.05, 0.1) is 11.3 Å². The van der Waals surface area contributed by atoms with Gasteiger partial charge < -0.3 is 4.90 Å². The molecule has 0 saturated carbocycles. The Hall–Kier alpha value is -2.22. The number of fused-ring (bicyclic) bond motifs is 1. The lowest BCUT2D eigenvalue weighted by molar-refractivity contribution is -0.116. The van der Waals surface area contributed by atoms with Crippen LogP contribution in [0.4, 0.5) is 5.69 Å². The Bertz CT molecular complexity index is 817. The van der Waals surface area contributed by atoms with Crippen LogP contribution in [0.1, 0.15) is 49.7 Å². The third-order valence-electron chi connectivity index (χ3n) is 4.24. The molecule has 0 fully saturated rings. The number of anilines is 1. The van der Waals surface area contributed by atoms with Gasteiger partial charge in [0.25, 0.3) is 0 Å². The van der Waals surface area contributed by atoms with Crippen molar-refractivity contribution in [3.63, 3.8) is 0 Å². The van der Waals surface area contributed by atoms with Crippen molar-refractivity contribution in [2.45, 2.75) is 50.6 Å². The van der Waals surface area contributed by atoms with Crippen molar-refractivity contribution >= 4 is 29.1 Å². The number of tetrazole rings is 1. The first-order valence-corrected chi connectivity index (χ1v) is 9.16. The number of thioether (sulfide) groups is 1. The fourth-order valence-electron chi connectivity index (χ4n) is 2.92. The largest absolute Gasteiger partial charge is 0.312 e. The van der Waals surface area contributed by atoms with Gasteiger partial charge in [-0.05, 0) is 61.4 Å². The number of carbonyl (C=O) groups is 2. The number of aromatic nitrogens is 4. The predicted octanol–water partition coefficient (Wildman–Crippen LogP) is 2.53. The molecule has 1 aliphatic heterocycles. The van der Waals surface area contributed by atoms with E-state index in [9.17, 15) is 9.59 Å². The smallest absolute Gasteiger partial charge is 0.223 e. The molecule has 1 aromatic carbocycles. The lowest BCUT2D eigenvalue weighted by Gasteiger charge is -2.15. The number of benzene rings is 1. The number of hydrogen-bond donors (Lipinski definition) is 0. The maximum absolute atomic E-state index is 12.8. The first-order valence-electron chi connectivity index (χ1n) is 8.28. The number of nitrogens with zero attached hydrogens (tertiary/aromatic N) is 5. The van der Waals surface area contributed by atoms with Gasteiger partial charge in [-0.3, -0.25) is 9.59 Å². The number of amides is 1. The number of rotatable bonds is 5. The van der Waals surface area contributed by atoms with Crippen LogP contribution in [0.5, 0.6) is 0 Å². The lowest BCUT2D eigenvalue weighted by atomic mass is 10.0. The quantitative estimate of drug-likeness (QED) is 0.603. The second-order valence-corrected chi connectivity index (χ2v) is 7.70. The minimum absolute atomic E-state index is 0.0299. The molecule has 0 saturated heterocycles. The normalized spacial score (nSPS) is 14.7. The van der Waals surface area contributed by atoms with Crippen molar-refractivity contribution in [1.29, 1.82) is 0 Å². The molecule has 8 heteroatoms. The molecule has 1 aliphatic rings. The summed E-state index contributed by atoms with van der Waals surface area (Å²) in [5.41, 5.74) is 2.62. The van der Waals surface area contributed by atoms with Crippen LogP contribution in [0.15, 0.2) is 23.4 Å². The number of hydrogen-bond acceptors (Lipinski definition) is 6. The van der Waals surface area contributed by atoms with Crippen molar-refractivity contribution in [3.8, 4) is 0 Å². The molecule has 1 amide bonds. The highest BCUT2D eigenvalue weighted by Gasteiger charge is 2.25. The van der Waals surface area contributed by atoms with Gasteiger partial charge in [0.1, 0.15) is 0 Å². The SMILES string of the molecule is CC(=O)N1CCc2cc(C(=O)C(C)Sc3nnnn3C(C)C)ccc21. The standard InChI is InChI=1S/C17H21N5O2S/c1-10(2)22-17(18-19-20-22)25-11(3)16(24)14-5-6-15-13(9-14)7-8-21(15)12(4)23/h5-6,9-11H,7-8H2,1-4H3. The minimum Gasteiger partial charge on any atom is -0.312 e. The van der Waals surface area contributed by atoms with Crippen LogP contribution >= 0.6 is 11.8 Å². The molecule has 0 radical (unpaired) electrons. The van der Waals surface area contributed by atoms with E-state index in [2.05, 4.69) is 15.5 Å². The van der Waals surface area contributed by atoms with Crippen molar-refractivity contribution in [3.05, 3.63) is 29.3 Å². The van der Waals surface area contributed by atoms with Crippen LogP contribution in [-0.2, 0) is 11.2 Å². The molecule has 0 spiro atoms. The van der Waals surface area contributed by atoms with E-state index in [1.807, 2.05) is 32.9 Å². The van der Waals surface area contributed by atoms with E-state index >= 15 is 0 Å².